The largest absolute Gasteiger partial charge is 0.467 e. The number of anilines is 1. The van der Waals surface area contributed by atoms with Crippen LogP contribution >= 0.6 is 0 Å². The standard InChI is InChI=1S/C11H20N4O2/c1-8(2)6-5-7-12-9-13-10(16-3)15-11(14-9)17-4/h8H,5-7H2,1-4H3,(H,12,13,14,15). The Labute approximate surface area is 102 Å². The molecule has 0 bridgehead atoms. The number of hydrogen-bond donors (Lipinski definition) is 1. The molecule has 0 saturated carbocycles. The molecule has 1 heterocycles. The number of rotatable bonds is 7. The van der Waals surface area contributed by atoms with Gasteiger partial charge in [0.2, 0.25) is 5.95 Å². The quantitative estimate of drug-likeness (QED) is 0.732. The van der Waals surface area contributed by atoms with Crippen LogP contribution in [0.15, 0.2) is 0 Å². The lowest BCUT2D eigenvalue weighted by Gasteiger charge is -2.08. The molecule has 1 aromatic heterocycles. The minimum atomic E-state index is 0.253. The van der Waals surface area contributed by atoms with Crippen LogP contribution in [0.1, 0.15) is 26.7 Å². The highest BCUT2D eigenvalue weighted by Crippen LogP contribution is 2.12. The highest BCUT2D eigenvalue weighted by atomic mass is 16.5. The van der Waals surface area contributed by atoms with Crippen molar-refractivity contribution in [2.75, 3.05) is 26.1 Å². The fraction of sp³-hybridized carbons (Fsp3) is 0.727. The van der Waals surface area contributed by atoms with E-state index in [-0.39, 0.29) is 12.0 Å². The second-order valence-electron chi connectivity index (χ2n) is 4.10. The summed E-state index contributed by atoms with van der Waals surface area (Å²) in [5, 5.41) is 3.13. The maximum Gasteiger partial charge on any atom is 0.324 e. The predicted octanol–water partition coefficient (Wildman–Crippen LogP) is 1.74. The van der Waals surface area contributed by atoms with Crippen molar-refractivity contribution in [3.8, 4) is 12.0 Å². The molecule has 0 atom stereocenters. The maximum atomic E-state index is 4.96. The van der Waals surface area contributed by atoms with Gasteiger partial charge < -0.3 is 14.8 Å². The summed E-state index contributed by atoms with van der Waals surface area (Å²) in [6.07, 6.45) is 2.25. The molecule has 0 aliphatic heterocycles. The van der Waals surface area contributed by atoms with E-state index in [1.54, 1.807) is 0 Å². The zero-order valence-electron chi connectivity index (χ0n) is 10.9. The third kappa shape index (κ3) is 4.84. The van der Waals surface area contributed by atoms with Gasteiger partial charge in [-0.2, -0.15) is 9.97 Å². The van der Waals surface area contributed by atoms with Crippen LogP contribution in [0.3, 0.4) is 0 Å². The summed E-state index contributed by atoms with van der Waals surface area (Å²) in [4.78, 5) is 12.1. The summed E-state index contributed by atoms with van der Waals surface area (Å²) in [7, 11) is 3.02. The van der Waals surface area contributed by atoms with Crippen molar-refractivity contribution in [3.63, 3.8) is 0 Å². The van der Waals surface area contributed by atoms with Crippen LogP contribution in [0, 0.1) is 5.92 Å². The number of methoxy groups -OCH3 is 2. The topological polar surface area (TPSA) is 69.2 Å². The van der Waals surface area contributed by atoms with E-state index in [0.717, 1.165) is 13.0 Å². The molecular formula is C11H20N4O2. The SMILES string of the molecule is COc1nc(NCCCC(C)C)nc(OC)n1. The van der Waals surface area contributed by atoms with Crippen LogP contribution in [0.25, 0.3) is 0 Å². The van der Waals surface area contributed by atoms with Crippen molar-refractivity contribution >= 4 is 5.95 Å². The fourth-order valence-electron chi connectivity index (χ4n) is 1.31. The van der Waals surface area contributed by atoms with E-state index in [4.69, 9.17) is 9.47 Å². The first-order valence-electron chi connectivity index (χ1n) is 5.73. The van der Waals surface area contributed by atoms with Crippen LogP contribution < -0.4 is 14.8 Å². The molecule has 0 unspecified atom stereocenters. The second-order valence-corrected chi connectivity index (χ2v) is 4.10. The molecule has 1 rings (SSSR count). The van der Waals surface area contributed by atoms with Crippen molar-refractivity contribution in [3.05, 3.63) is 0 Å². The van der Waals surface area contributed by atoms with Gasteiger partial charge in [-0.15, -0.1) is 4.98 Å². The lowest BCUT2D eigenvalue weighted by atomic mass is 10.1. The van der Waals surface area contributed by atoms with Gasteiger partial charge in [0.1, 0.15) is 0 Å². The lowest BCUT2D eigenvalue weighted by molar-refractivity contribution is 0.341. The van der Waals surface area contributed by atoms with Crippen LogP contribution in [-0.4, -0.2) is 35.7 Å². The third-order valence-electron chi connectivity index (χ3n) is 2.20. The molecule has 0 amide bonds. The first kappa shape index (κ1) is 13.5. The van der Waals surface area contributed by atoms with Crippen molar-refractivity contribution in [2.45, 2.75) is 26.7 Å². The van der Waals surface area contributed by atoms with Gasteiger partial charge in [-0.1, -0.05) is 13.8 Å². The Morgan fingerprint density at radius 3 is 2.12 bits per heavy atom. The molecule has 17 heavy (non-hydrogen) atoms. The van der Waals surface area contributed by atoms with Gasteiger partial charge >= 0.3 is 12.0 Å². The molecule has 1 N–H and O–H groups in total. The summed E-state index contributed by atoms with van der Waals surface area (Å²) >= 11 is 0. The Kier molecular flexibility index (Phi) is 5.45. The Balaban J connectivity index is 2.51. The molecule has 96 valence electrons. The maximum absolute atomic E-state index is 4.96. The lowest BCUT2D eigenvalue weighted by Crippen LogP contribution is -2.09. The first-order chi connectivity index (χ1) is 8.15. The molecule has 0 fully saturated rings. The summed E-state index contributed by atoms with van der Waals surface area (Å²) in [6.45, 7) is 5.23. The Morgan fingerprint density at radius 1 is 1.06 bits per heavy atom. The van der Waals surface area contributed by atoms with E-state index in [1.165, 1.54) is 20.6 Å². The predicted molar refractivity (Wildman–Crippen MR) is 65.5 cm³/mol. The average Bonchev–Trinajstić information content (AvgIpc) is 2.34. The Morgan fingerprint density at radius 2 is 1.65 bits per heavy atom. The first-order valence-corrected chi connectivity index (χ1v) is 5.73. The van der Waals surface area contributed by atoms with E-state index < -0.39 is 0 Å². The summed E-state index contributed by atoms with van der Waals surface area (Å²) < 4.78 is 9.92. The molecule has 0 saturated heterocycles. The van der Waals surface area contributed by atoms with Gasteiger partial charge in [-0.3, -0.25) is 0 Å². The van der Waals surface area contributed by atoms with Crippen molar-refractivity contribution in [1.29, 1.82) is 0 Å². The monoisotopic (exact) mass is 240 g/mol. The smallest absolute Gasteiger partial charge is 0.324 e. The van der Waals surface area contributed by atoms with Crippen molar-refractivity contribution in [2.24, 2.45) is 5.92 Å². The molecule has 0 aliphatic rings. The van der Waals surface area contributed by atoms with E-state index >= 15 is 0 Å². The molecule has 0 aliphatic carbocycles. The number of nitrogens with one attached hydrogen (secondary N) is 1. The Bertz CT molecular complexity index is 322. The number of hydrogen-bond acceptors (Lipinski definition) is 6. The molecule has 0 aromatic carbocycles. The minimum Gasteiger partial charge on any atom is -0.467 e. The summed E-state index contributed by atoms with van der Waals surface area (Å²) in [6, 6.07) is 0.506. The van der Waals surface area contributed by atoms with Gasteiger partial charge in [-0.05, 0) is 18.8 Å². The van der Waals surface area contributed by atoms with Crippen LogP contribution in [0.2, 0.25) is 0 Å². The number of ether oxygens (including phenoxy) is 2. The summed E-state index contributed by atoms with van der Waals surface area (Å²) in [5.41, 5.74) is 0. The molecule has 1 aromatic rings. The van der Waals surface area contributed by atoms with E-state index in [0.29, 0.717) is 11.9 Å². The molecule has 0 spiro atoms. The average molecular weight is 240 g/mol. The van der Waals surface area contributed by atoms with E-state index in [9.17, 15) is 0 Å². The van der Waals surface area contributed by atoms with E-state index in [1.807, 2.05) is 0 Å². The third-order valence-corrected chi connectivity index (χ3v) is 2.20. The van der Waals surface area contributed by atoms with Crippen LogP contribution in [0.5, 0.6) is 12.0 Å². The Hall–Kier alpha value is -1.59. The van der Waals surface area contributed by atoms with Gasteiger partial charge in [0.05, 0.1) is 14.2 Å². The molecule has 6 nitrogen and oxygen atoms in total. The van der Waals surface area contributed by atoms with Crippen molar-refractivity contribution < 1.29 is 9.47 Å². The van der Waals surface area contributed by atoms with Gasteiger partial charge in [0.25, 0.3) is 0 Å². The summed E-state index contributed by atoms with van der Waals surface area (Å²) in [5.74, 6) is 1.19. The highest BCUT2D eigenvalue weighted by molar-refractivity contribution is 5.27. The molecule has 0 radical (unpaired) electrons. The van der Waals surface area contributed by atoms with E-state index in [2.05, 4.69) is 34.1 Å². The van der Waals surface area contributed by atoms with Crippen molar-refractivity contribution in [1.82, 2.24) is 15.0 Å². The van der Waals surface area contributed by atoms with Gasteiger partial charge in [0.15, 0.2) is 0 Å². The van der Waals surface area contributed by atoms with Crippen LogP contribution in [-0.2, 0) is 0 Å². The second kappa shape index (κ2) is 6.88. The zero-order valence-corrected chi connectivity index (χ0v) is 10.9. The fourth-order valence-corrected chi connectivity index (χ4v) is 1.31. The van der Waals surface area contributed by atoms with Crippen LogP contribution in [0.4, 0.5) is 5.95 Å². The van der Waals surface area contributed by atoms with Gasteiger partial charge in [-0.25, -0.2) is 0 Å². The zero-order chi connectivity index (χ0) is 12.7. The minimum absolute atomic E-state index is 0.253. The number of nitrogens with zero attached hydrogens (tertiary/aromatic N) is 3. The number of aromatic nitrogens is 3. The molecule has 6 heteroatoms. The highest BCUT2D eigenvalue weighted by Gasteiger charge is 2.06. The molecular weight excluding hydrogens is 220 g/mol. The normalized spacial score (nSPS) is 10.4. The van der Waals surface area contributed by atoms with Gasteiger partial charge in [0, 0.05) is 6.54 Å².